The zero-order chi connectivity index (χ0) is 14.6. The highest BCUT2D eigenvalue weighted by Gasteiger charge is 2.32. The van der Waals surface area contributed by atoms with E-state index in [9.17, 15) is 5.11 Å². The second-order valence-corrected chi connectivity index (χ2v) is 5.59. The summed E-state index contributed by atoms with van der Waals surface area (Å²) in [5.41, 5.74) is 2.14. The number of rotatable bonds is 5. The van der Waals surface area contributed by atoms with Gasteiger partial charge in [-0.2, -0.15) is 0 Å². The molecule has 0 bridgehead atoms. The van der Waals surface area contributed by atoms with Gasteiger partial charge in [0.15, 0.2) is 0 Å². The number of benzene rings is 2. The molecule has 0 aliphatic carbocycles. The van der Waals surface area contributed by atoms with Crippen molar-refractivity contribution in [3.8, 4) is 0 Å². The van der Waals surface area contributed by atoms with Gasteiger partial charge >= 0.3 is 0 Å². The molecule has 0 radical (unpaired) electrons. The highest BCUT2D eigenvalue weighted by molar-refractivity contribution is 5.40. The van der Waals surface area contributed by atoms with E-state index < -0.39 is 5.60 Å². The lowest BCUT2D eigenvalue weighted by atomic mass is 9.81. The molecule has 0 amide bonds. The van der Waals surface area contributed by atoms with Gasteiger partial charge in [-0.1, -0.05) is 54.6 Å². The molecule has 20 heavy (non-hydrogen) atoms. The minimum atomic E-state index is -0.934. The van der Waals surface area contributed by atoms with Crippen molar-refractivity contribution in [1.29, 1.82) is 0 Å². The molecule has 0 saturated heterocycles. The van der Waals surface area contributed by atoms with E-state index in [0.29, 0.717) is 6.42 Å². The molecule has 1 unspecified atom stereocenters. The van der Waals surface area contributed by atoms with Gasteiger partial charge in [-0.3, -0.25) is 0 Å². The van der Waals surface area contributed by atoms with E-state index in [2.05, 4.69) is 17.9 Å². The van der Waals surface area contributed by atoms with E-state index in [1.807, 2.05) is 62.6 Å². The smallest absolute Gasteiger partial charge is 0.116 e. The standard InChI is InChI=1S/C18H23NO/c1-15-9-7-8-12-17(15)18(20,13-14-19(2)3)16-10-5-4-6-11-16/h4-12,20H,13-14H2,1-3H3. The fraction of sp³-hybridized carbons (Fsp3) is 0.333. The molecule has 1 atom stereocenters. The van der Waals surface area contributed by atoms with Gasteiger partial charge in [0.05, 0.1) is 0 Å². The number of hydrogen-bond donors (Lipinski definition) is 1. The average molecular weight is 269 g/mol. The van der Waals surface area contributed by atoms with Gasteiger partial charge in [-0.15, -0.1) is 0 Å². The minimum Gasteiger partial charge on any atom is -0.380 e. The molecule has 106 valence electrons. The molecule has 0 aromatic heterocycles. The lowest BCUT2D eigenvalue weighted by Crippen LogP contribution is -2.32. The van der Waals surface area contributed by atoms with E-state index in [4.69, 9.17) is 0 Å². The normalized spacial score (nSPS) is 14.2. The lowest BCUT2D eigenvalue weighted by molar-refractivity contribution is 0.0623. The van der Waals surface area contributed by atoms with Crippen molar-refractivity contribution in [2.75, 3.05) is 20.6 Å². The van der Waals surface area contributed by atoms with Crippen molar-refractivity contribution in [3.05, 3.63) is 71.3 Å². The van der Waals surface area contributed by atoms with Gasteiger partial charge in [-0.25, -0.2) is 0 Å². The lowest BCUT2D eigenvalue weighted by Gasteiger charge is -2.32. The molecule has 2 aromatic carbocycles. The Bertz CT molecular complexity index is 550. The highest BCUT2D eigenvalue weighted by atomic mass is 16.3. The predicted octanol–water partition coefficient (Wildman–Crippen LogP) is 3.18. The largest absolute Gasteiger partial charge is 0.380 e. The van der Waals surface area contributed by atoms with E-state index in [-0.39, 0.29) is 0 Å². The van der Waals surface area contributed by atoms with Crippen LogP contribution in [-0.2, 0) is 5.60 Å². The van der Waals surface area contributed by atoms with Crippen LogP contribution in [0, 0.1) is 6.92 Å². The summed E-state index contributed by atoms with van der Waals surface area (Å²) in [6.07, 6.45) is 0.675. The van der Waals surface area contributed by atoms with Crippen molar-refractivity contribution >= 4 is 0 Å². The monoisotopic (exact) mass is 269 g/mol. The first-order valence-corrected chi connectivity index (χ1v) is 7.03. The first-order chi connectivity index (χ1) is 9.54. The fourth-order valence-electron chi connectivity index (χ4n) is 2.57. The van der Waals surface area contributed by atoms with Crippen LogP contribution in [-0.4, -0.2) is 30.6 Å². The van der Waals surface area contributed by atoms with Crippen LogP contribution in [0.4, 0.5) is 0 Å². The van der Waals surface area contributed by atoms with Crippen LogP contribution >= 0.6 is 0 Å². The topological polar surface area (TPSA) is 23.5 Å². The SMILES string of the molecule is Cc1ccccc1C(O)(CCN(C)C)c1ccccc1. The van der Waals surface area contributed by atoms with Crippen LogP contribution in [0.2, 0.25) is 0 Å². The average Bonchev–Trinajstić information content (AvgIpc) is 2.46. The van der Waals surface area contributed by atoms with Gasteiger partial charge in [0.25, 0.3) is 0 Å². The van der Waals surface area contributed by atoms with Crippen molar-refractivity contribution in [2.45, 2.75) is 18.9 Å². The minimum absolute atomic E-state index is 0.675. The summed E-state index contributed by atoms with van der Waals surface area (Å²) < 4.78 is 0. The molecule has 0 aliphatic heterocycles. The van der Waals surface area contributed by atoms with Crippen molar-refractivity contribution < 1.29 is 5.11 Å². The molecule has 2 aromatic rings. The maximum atomic E-state index is 11.4. The van der Waals surface area contributed by atoms with Gasteiger partial charge < -0.3 is 10.0 Å². The van der Waals surface area contributed by atoms with Crippen LogP contribution < -0.4 is 0 Å². The number of aliphatic hydroxyl groups is 1. The third kappa shape index (κ3) is 3.09. The zero-order valence-electron chi connectivity index (χ0n) is 12.5. The Kier molecular flexibility index (Phi) is 4.58. The Hall–Kier alpha value is -1.64. The molecule has 0 saturated carbocycles. The Morgan fingerprint density at radius 1 is 0.950 bits per heavy atom. The van der Waals surface area contributed by atoms with Crippen molar-refractivity contribution in [1.82, 2.24) is 4.90 Å². The van der Waals surface area contributed by atoms with Gasteiger partial charge in [0.1, 0.15) is 5.60 Å². The Morgan fingerprint density at radius 2 is 1.55 bits per heavy atom. The van der Waals surface area contributed by atoms with Crippen LogP contribution in [0.25, 0.3) is 0 Å². The molecule has 2 rings (SSSR count). The summed E-state index contributed by atoms with van der Waals surface area (Å²) >= 11 is 0. The maximum Gasteiger partial charge on any atom is 0.116 e. The summed E-state index contributed by atoms with van der Waals surface area (Å²) in [5.74, 6) is 0. The third-order valence-corrected chi connectivity index (χ3v) is 3.76. The quantitative estimate of drug-likeness (QED) is 0.901. The van der Waals surface area contributed by atoms with E-state index in [0.717, 1.165) is 23.2 Å². The van der Waals surface area contributed by atoms with Gasteiger partial charge in [0.2, 0.25) is 0 Å². The number of aryl methyl sites for hydroxylation is 1. The molecule has 2 heteroatoms. The molecule has 1 N–H and O–H groups in total. The van der Waals surface area contributed by atoms with Gasteiger partial charge in [0, 0.05) is 6.54 Å². The van der Waals surface area contributed by atoms with Crippen molar-refractivity contribution in [2.24, 2.45) is 0 Å². The zero-order valence-corrected chi connectivity index (χ0v) is 12.5. The first-order valence-electron chi connectivity index (χ1n) is 7.03. The van der Waals surface area contributed by atoms with Gasteiger partial charge in [-0.05, 0) is 44.1 Å². The molecular weight excluding hydrogens is 246 g/mol. The predicted molar refractivity (Wildman–Crippen MR) is 83.8 cm³/mol. The second kappa shape index (κ2) is 6.21. The molecule has 2 nitrogen and oxygen atoms in total. The second-order valence-electron chi connectivity index (χ2n) is 5.59. The van der Waals surface area contributed by atoms with Crippen LogP contribution in [0.15, 0.2) is 54.6 Å². The molecule has 0 fully saturated rings. The highest BCUT2D eigenvalue weighted by Crippen LogP contribution is 2.34. The van der Waals surface area contributed by atoms with Crippen LogP contribution in [0.5, 0.6) is 0 Å². The van der Waals surface area contributed by atoms with Crippen molar-refractivity contribution in [3.63, 3.8) is 0 Å². The summed E-state index contributed by atoms with van der Waals surface area (Å²) in [6.45, 7) is 2.89. The summed E-state index contributed by atoms with van der Waals surface area (Å²) in [6, 6.07) is 18.0. The summed E-state index contributed by atoms with van der Waals surface area (Å²) in [5, 5.41) is 11.4. The fourth-order valence-corrected chi connectivity index (χ4v) is 2.57. The van der Waals surface area contributed by atoms with Crippen LogP contribution in [0.3, 0.4) is 0 Å². The van der Waals surface area contributed by atoms with E-state index >= 15 is 0 Å². The Morgan fingerprint density at radius 3 is 2.15 bits per heavy atom. The van der Waals surface area contributed by atoms with E-state index in [1.54, 1.807) is 0 Å². The third-order valence-electron chi connectivity index (χ3n) is 3.76. The maximum absolute atomic E-state index is 11.4. The summed E-state index contributed by atoms with van der Waals surface area (Å²) in [7, 11) is 4.06. The first kappa shape index (κ1) is 14.8. The molecule has 0 spiro atoms. The number of hydrogen-bond acceptors (Lipinski definition) is 2. The molecule has 0 heterocycles. The van der Waals surface area contributed by atoms with Crippen LogP contribution in [0.1, 0.15) is 23.1 Å². The Balaban J connectivity index is 2.47. The number of nitrogens with zero attached hydrogens (tertiary/aromatic N) is 1. The molecule has 0 aliphatic rings. The summed E-state index contributed by atoms with van der Waals surface area (Å²) in [4.78, 5) is 2.10. The molecular formula is C18H23NO. The van der Waals surface area contributed by atoms with E-state index in [1.165, 1.54) is 0 Å². The Labute approximate surface area is 121 Å².